The van der Waals surface area contributed by atoms with Gasteiger partial charge in [-0.25, -0.2) is 4.98 Å². The van der Waals surface area contributed by atoms with Crippen molar-refractivity contribution in [1.29, 1.82) is 0 Å². The highest BCUT2D eigenvalue weighted by molar-refractivity contribution is 6.16. The fourth-order valence-electron chi connectivity index (χ4n) is 2.09. The monoisotopic (exact) mass is 266 g/mol. The van der Waals surface area contributed by atoms with Crippen LogP contribution < -0.4 is 4.74 Å². The first-order chi connectivity index (χ1) is 8.65. The molecular formula is C14H19ClN2O. The van der Waals surface area contributed by atoms with Crippen LogP contribution in [-0.4, -0.2) is 16.2 Å². The molecule has 0 radical (unpaired) electrons. The molecule has 18 heavy (non-hydrogen) atoms. The second-order valence-corrected chi connectivity index (χ2v) is 5.02. The first kappa shape index (κ1) is 13.2. The number of alkyl halides is 1. The van der Waals surface area contributed by atoms with Gasteiger partial charge in [0, 0.05) is 12.6 Å². The Balaban J connectivity index is 2.48. The van der Waals surface area contributed by atoms with Crippen molar-refractivity contribution < 1.29 is 4.74 Å². The van der Waals surface area contributed by atoms with E-state index in [1.54, 1.807) is 0 Å². The zero-order valence-electron chi connectivity index (χ0n) is 11.1. The summed E-state index contributed by atoms with van der Waals surface area (Å²) in [5, 5.41) is 0. The zero-order chi connectivity index (χ0) is 13.1. The number of hydrogen-bond donors (Lipinski definition) is 0. The summed E-state index contributed by atoms with van der Waals surface area (Å²) in [4.78, 5) is 4.58. The predicted octanol–water partition coefficient (Wildman–Crippen LogP) is 3.83. The third-order valence-corrected chi connectivity index (χ3v) is 3.02. The van der Waals surface area contributed by atoms with Crippen LogP contribution in [0.5, 0.6) is 5.75 Å². The minimum absolute atomic E-state index is 0.436. The summed E-state index contributed by atoms with van der Waals surface area (Å²) in [6.07, 6.45) is 0. The van der Waals surface area contributed by atoms with Crippen molar-refractivity contribution in [2.24, 2.45) is 5.92 Å². The number of halogens is 1. The van der Waals surface area contributed by atoms with E-state index in [0.29, 0.717) is 18.4 Å². The molecule has 0 fully saturated rings. The molecule has 0 saturated heterocycles. The summed E-state index contributed by atoms with van der Waals surface area (Å²) in [6.45, 7) is 7.97. The smallest absolute Gasteiger partial charge is 0.124 e. The quantitative estimate of drug-likeness (QED) is 0.769. The second kappa shape index (κ2) is 5.61. The molecule has 0 spiro atoms. The maximum Gasteiger partial charge on any atom is 0.124 e. The van der Waals surface area contributed by atoms with Gasteiger partial charge in [0.15, 0.2) is 0 Å². The van der Waals surface area contributed by atoms with Crippen LogP contribution in [0.15, 0.2) is 18.2 Å². The Labute approximate surface area is 113 Å². The lowest BCUT2D eigenvalue weighted by Gasteiger charge is -2.10. The summed E-state index contributed by atoms with van der Waals surface area (Å²) >= 11 is 5.97. The molecule has 0 atom stereocenters. The lowest BCUT2D eigenvalue weighted by molar-refractivity contribution is 0.340. The third kappa shape index (κ3) is 2.61. The summed E-state index contributed by atoms with van der Waals surface area (Å²) in [5.41, 5.74) is 2.08. The van der Waals surface area contributed by atoms with Gasteiger partial charge in [0.2, 0.25) is 0 Å². The number of fused-ring (bicyclic) bond motifs is 1. The summed E-state index contributed by atoms with van der Waals surface area (Å²) < 4.78 is 7.69. The Morgan fingerprint density at radius 2 is 2.17 bits per heavy atom. The van der Waals surface area contributed by atoms with Crippen LogP contribution in [0.2, 0.25) is 0 Å². The number of imidazole rings is 1. The highest BCUT2D eigenvalue weighted by atomic mass is 35.5. The molecule has 0 aliphatic carbocycles. The van der Waals surface area contributed by atoms with Gasteiger partial charge < -0.3 is 9.30 Å². The lowest BCUT2D eigenvalue weighted by Crippen LogP contribution is -2.07. The molecule has 0 N–H and O–H groups in total. The zero-order valence-corrected chi connectivity index (χ0v) is 11.9. The van der Waals surface area contributed by atoms with E-state index in [0.717, 1.165) is 29.2 Å². The molecule has 0 aliphatic heterocycles. The fraction of sp³-hybridized carbons (Fsp3) is 0.500. The van der Waals surface area contributed by atoms with Crippen molar-refractivity contribution in [3.8, 4) is 5.75 Å². The van der Waals surface area contributed by atoms with Crippen LogP contribution in [0, 0.1) is 5.92 Å². The first-order valence-corrected chi connectivity index (χ1v) is 6.87. The van der Waals surface area contributed by atoms with Crippen LogP contribution in [0.4, 0.5) is 0 Å². The number of aromatic nitrogens is 2. The largest absolute Gasteiger partial charge is 0.494 e. The number of hydrogen-bond acceptors (Lipinski definition) is 2. The minimum atomic E-state index is 0.436. The van der Waals surface area contributed by atoms with Gasteiger partial charge in [-0.15, -0.1) is 11.6 Å². The minimum Gasteiger partial charge on any atom is -0.494 e. The number of rotatable bonds is 5. The molecule has 98 valence electrons. The molecule has 2 aromatic rings. The van der Waals surface area contributed by atoms with E-state index in [2.05, 4.69) is 29.5 Å². The molecule has 0 bridgehead atoms. The maximum absolute atomic E-state index is 5.97. The molecule has 4 heteroatoms. The van der Waals surface area contributed by atoms with E-state index in [1.807, 2.05) is 19.1 Å². The number of benzene rings is 1. The third-order valence-electron chi connectivity index (χ3n) is 2.78. The molecule has 0 amide bonds. The van der Waals surface area contributed by atoms with Gasteiger partial charge in [-0.1, -0.05) is 13.8 Å². The summed E-state index contributed by atoms with van der Waals surface area (Å²) in [5.74, 6) is 2.79. The van der Waals surface area contributed by atoms with Gasteiger partial charge in [-0.05, 0) is 25.0 Å². The fourth-order valence-corrected chi connectivity index (χ4v) is 2.29. The topological polar surface area (TPSA) is 27.1 Å². The van der Waals surface area contributed by atoms with Crippen molar-refractivity contribution in [1.82, 2.24) is 9.55 Å². The van der Waals surface area contributed by atoms with Crippen LogP contribution in [-0.2, 0) is 12.4 Å². The highest BCUT2D eigenvalue weighted by Crippen LogP contribution is 2.23. The Morgan fingerprint density at radius 3 is 2.78 bits per heavy atom. The van der Waals surface area contributed by atoms with Crippen molar-refractivity contribution in [2.75, 3.05) is 6.61 Å². The lowest BCUT2D eigenvalue weighted by atomic mass is 10.2. The summed E-state index contributed by atoms with van der Waals surface area (Å²) in [7, 11) is 0. The van der Waals surface area contributed by atoms with Crippen molar-refractivity contribution in [3.05, 3.63) is 24.0 Å². The average molecular weight is 267 g/mol. The number of ether oxygens (including phenoxy) is 1. The van der Waals surface area contributed by atoms with Crippen molar-refractivity contribution in [2.45, 2.75) is 33.2 Å². The molecule has 3 nitrogen and oxygen atoms in total. The molecular weight excluding hydrogens is 248 g/mol. The Bertz CT molecular complexity index is 534. The Hall–Kier alpha value is -1.22. The van der Waals surface area contributed by atoms with Gasteiger partial charge in [0.05, 0.1) is 23.5 Å². The van der Waals surface area contributed by atoms with E-state index >= 15 is 0 Å². The van der Waals surface area contributed by atoms with Crippen LogP contribution in [0.3, 0.4) is 0 Å². The van der Waals surface area contributed by atoms with Gasteiger partial charge in [-0.2, -0.15) is 0 Å². The molecule has 1 heterocycles. The van der Waals surface area contributed by atoms with E-state index in [1.165, 1.54) is 0 Å². The van der Waals surface area contributed by atoms with Crippen LogP contribution >= 0.6 is 11.6 Å². The Morgan fingerprint density at radius 1 is 1.39 bits per heavy atom. The standard InChI is InChI=1S/C14H19ClN2O/c1-4-18-11-5-6-13-12(7-11)16-14(8-15)17(13)9-10(2)3/h5-7,10H,4,8-9H2,1-3H3. The van der Waals surface area contributed by atoms with Crippen LogP contribution in [0.1, 0.15) is 26.6 Å². The van der Waals surface area contributed by atoms with Gasteiger partial charge in [0.1, 0.15) is 11.6 Å². The maximum atomic E-state index is 5.97. The molecule has 0 unspecified atom stereocenters. The van der Waals surface area contributed by atoms with E-state index in [9.17, 15) is 0 Å². The van der Waals surface area contributed by atoms with Gasteiger partial charge >= 0.3 is 0 Å². The molecule has 2 rings (SSSR count). The molecule has 0 saturated carbocycles. The van der Waals surface area contributed by atoms with Crippen molar-refractivity contribution >= 4 is 22.6 Å². The van der Waals surface area contributed by atoms with E-state index in [4.69, 9.17) is 16.3 Å². The first-order valence-electron chi connectivity index (χ1n) is 6.33. The Kier molecular flexibility index (Phi) is 4.12. The van der Waals surface area contributed by atoms with Crippen LogP contribution in [0.25, 0.3) is 11.0 Å². The highest BCUT2D eigenvalue weighted by Gasteiger charge is 2.11. The van der Waals surface area contributed by atoms with Gasteiger partial charge in [-0.3, -0.25) is 0 Å². The SMILES string of the molecule is CCOc1ccc2c(c1)nc(CCl)n2CC(C)C. The predicted molar refractivity (Wildman–Crippen MR) is 75.3 cm³/mol. The summed E-state index contributed by atoms with van der Waals surface area (Å²) in [6, 6.07) is 6.03. The van der Waals surface area contributed by atoms with Gasteiger partial charge in [0.25, 0.3) is 0 Å². The second-order valence-electron chi connectivity index (χ2n) is 4.75. The van der Waals surface area contributed by atoms with E-state index < -0.39 is 0 Å². The molecule has 0 aliphatic rings. The molecule has 1 aromatic heterocycles. The van der Waals surface area contributed by atoms with Crippen molar-refractivity contribution in [3.63, 3.8) is 0 Å². The van der Waals surface area contributed by atoms with E-state index in [-0.39, 0.29) is 0 Å². The average Bonchev–Trinajstić information content (AvgIpc) is 2.66. The number of nitrogens with zero attached hydrogens (tertiary/aromatic N) is 2. The normalized spacial score (nSPS) is 11.4. The molecule has 1 aromatic carbocycles.